The summed E-state index contributed by atoms with van der Waals surface area (Å²) in [5.74, 6) is -0.176. The fraction of sp³-hybridized carbons (Fsp3) is 0.286. The Labute approximate surface area is 172 Å². The molecule has 1 aromatic heterocycles. The number of hydrogen-bond acceptors (Lipinski definition) is 6. The lowest BCUT2D eigenvalue weighted by molar-refractivity contribution is -0.135. The molecule has 1 amide bonds. The van der Waals surface area contributed by atoms with Gasteiger partial charge in [-0.15, -0.1) is 4.37 Å². The van der Waals surface area contributed by atoms with Gasteiger partial charge >= 0.3 is 0 Å². The molecule has 0 bridgehead atoms. The number of aromatic nitrogens is 2. The zero-order chi connectivity index (χ0) is 20.1. The van der Waals surface area contributed by atoms with Crippen molar-refractivity contribution in [2.75, 3.05) is 32.8 Å². The number of carbonyl (C=O) groups excluding carboxylic acids is 1. The number of piperazine rings is 1. The highest BCUT2D eigenvalue weighted by Crippen LogP contribution is 2.28. The van der Waals surface area contributed by atoms with Crippen LogP contribution in [0.4, 0.5) is 4.39 Å². The monoisotopic (exact) mass is 412 g/mol. The Morgan fingerprint density at radius 1 is 1.03 bits per heavy atom. The van der Waals surface area contributed by atoms with E-state index in [0.717, 1.165) is 31.4 Å². The Bertz CT molecular complexity index is 958. The Hall–Kier alpha value is -2.84. The van der Waals surface area contributed by atoms with E-state index in [-0.39, 0.29) is 24.2 Å². The van der Waals surface area contributed by atoms with Crippen molar-refractivity contribution in [2.24, 2.45) is 0 Å². The average molecular weight is 412 g/mol. The summed E-state index contributed by atoms with van der Waals surface area (Å²) in [5, 5.41) is 0. The first-order chi connectivity index (χ1) is 14.2. The van der Waals surface area contributed by atoms with Crippen molar-refractivity contribution >= 4 is 17.6 Å². The second-order valence-corrected chi connectivity index (χ2v) is 7.39. The van der Waals surface area contributed by atoms with Gasteiger partial charge in [0.15, 0.2) is 6.61 Å². The van der Waals surface area contributed by atoms with Crippen molar-refractivity contribution in [3.63, 3.8) is 0 Å². The molecule has 2 heterocycles. The van der Waals surface area contributed by atoms with Gasteiger partial charge in [-0.05, 0) is 17.7 Å². The van der Waals surface area contributed by atoms with E-state index in [9.17, 15) is 9.18 Å². The van der Waals surface area contributed by atoms with Gasteiger partial charge in [0.25, 0.3) is 11.8 Å². The maximum atomic E-state index is 13.5. The molecule has 3 aromatic rings. The Kier molecular flexibility index (Phi) is 6.12. The molecule has 8 heteroatoms. The summed E-state index contributed by atoms with van der Waals surface area (Å²) in [5.41, 5.74) is 2.31. The summed E-state index contributed by atoms with van der Waals surface area (Å²) in [6, 6.07) is 16.4. The minimum absolute atomic E-state index is 0.0810. The number of amides is 1. The smallest absolute Gasteiger partial charge is 0.260 e. The third kappa shape index (κ3) is 4.96. The van der Waals surface area contributed by atoms with E-state index in [2.05, 4.69) is 25.8 Å². The standard InChI is InChI=1S/C21H21FN4O2S/c22-18-8-4-7-17(13-18)20-21(24-29-23-20)28-15-19(27)26-11-9-25(10-12-26)14-16-5-2-1-3-6-16/h1-8,13H,9-12,14-15H2. The Balaban J connectivity index is 1.29. The van der Waals surface area contributed by atoms with Gasteiger partial charge in [0.2, 0.25) is 0 Å². The van der Waals surface area contributed by atoms with E-state index in [4.69, 9.17) is 4.74 Å². The van der Waals surface area contributed by atoms with E-state index >= 15 is 0 Å². The van der Waals surface area contributed by atoms with Crippen molar-refractivity contribution in [3.05, 3.63) is 66.0 Å². The lowest BCUT2D eigenvalue weighted by Crippen LogP contribution is -2.49. The summed E-state index contributed by atoms with van der Waals surface area (Å²) in [6.45, 7) is 3.77. The van der Waals surface area contributed by atoms with E-state index in [1.807, 2.05) is 23.1 Å². The number of rotatable bonds is 6. The molecule has 1 fully saturated rings. The van der Waals surface area contributed by atoms with Crippen LogP contribution in [0.1, 0.15) is 5.56 Å². The van der Waals surface area contributed by atoms with Crippen LogP contribution in [0.2, 0.25) is 0 Å². The van der Waals surface area contributed by atoms with Crippen LogP contribution in [0.5, 0.6) is 5.88 Å². The molecule has 4 rings (SSSR count). The summed E-state index contributed by atoms with van der Waals surface area (Å²) in [7, 11) is 0. The van der Waals surface area contributed by atoms with Gasteiger partial charge in [-0.3, -0.25) is 9.69 Å². The van der Waals surface area contributed by atoms with Crippen LogP contribution in [0.15, 0.2) is 54.6 Å². The molecule has 2 aromatic carbocycles. The molecule has 29 heavy (non-hydrogen) atoms. The molecule has 1 aliphatic rings. The van der Waals surface area contributed by atoms with Crippen molar-refractivity contribution in [2.45, 2.75) is 6.54 Å². The quantitative estimate of drug-likeness (QED) is 0.623. The van der Waals surface area contributed by atoms with E-state index < -0.39 is 0 Å². The van der Waals surface area contributed by atoms with E-state index in [1.165, 1.54) is 17.7 Å². The average Bonchev–Trinajstić information content (AvgIpc) is 3.22. The predicted octanol–water partition coefficient (Wildman–Crippen LogP) is 3.07. The highest BCUT2D eigenvalue weighted by atomic mass is 32.1. The van der Waals surface area contributed by atoms with Crippen LogP contribution in [0, 0.1) is 5.82 Å². The van der Waals surface area contributed by atoms with Crippen molar-refractivity contribution in [3.8, 4) is 17.1 Å². The first-order valence-corrected chi connectivity index (χ1v) is 10.2. The van der Waals surface area contributed by atoms with Gasteiger partial charge in [0.1, 0.15) is 11.5 Å². The lowest BCUT2D eigenvalue weighted by Gasteiger charge is -2.34. The second kappa shape index (κ2) is 9.11. The maximum absolute atomic E-state index is 13.5. The normalized spacial score (nSPS) is 14.7. The summed E-state index contributed by atoms with van der Waals surface area (Å²) in [6.07, 6.45) is 0. The highest BCUT2D eigenvalue weighted by molar-refractivity contribution is 6.99. The van der Waals surface area contributed by atoms with Crippen LogP contribution in [0.3, 0.4) is 0 Å². The number of halogens is 1. The number of benzene rings is 2. The lowest BCUT2D eigenvalue weighted by atomic mass is 10.1. The summed E-state index contributed by atoms with van der Waals surface area (Å²) >= 11 is 0.976. The van der Waals surface area contributed by atoms with Gasteiger partial charge in [0.05, 0.1) is 11.7 Å². The minimum atomic E-state index is -0.356. The van der Waals surface area contributed by atoms with Gasteiger partial charge < -0.3 is 9.64 Å². The van der Waals surface area contributed by atoms with Crippen molar-refractivity contribution in [1.82, 2.24) is 18.5 Å². The van der Waals surface area contributed by atoms with Crippen LogP contribution in [-0.2, 0) is 11.3 Å². The molecule has 0 aliphatic carbocycles. The molecule has 150 valence electrons. The van der Waals surface area contributed by atoms with Crippen molar-refractivity contribution < 1.29 is 13.9 Å². The van der Waals surface area contributed by atoms with Gasteiger partial charge in [-0.25, -0.2) is 4.39 Å². The molecule has 0 radical (unpaired) electrons. The van der Waals surface area contributed by atoms with E-state index in [0.29, 0.717) is 24.3 Å². The Morgan fingerprint density at radius 3 is 2.59 bits per heavy atom. The maximum Gasteiger partial charge on any atom is 0.260 e. The number of nitrogens with zero attached hydrogens (tertiary/aromatic N) is 4. The minimum Gasteiger partial charge on any atom is -0.465 e. The third-order valence-corrected chi connectivity index (χ3v) is 5.37. The molecule has 0 spiro atoms. The van der Waals surface area contributed by atoms with Crippen LogP contribution < -0.4 is 4.74 Å². The molecular formula is C21H21FN4O2S. The van der Waals surface area contributed by atoms with Crippen LogP contribution >= 0.6 is 11.7 Å². The first-order valence-electron chi connectivity index (χ1n) is 9.44. The fourth-order valence-electron chi connectivity index (χ4n) is 3.31. The molecular weight excluding hydrogens is 391 g/mol. The SMILES string of the molecule is O=C(COc1nsnc1-c1cccc(F)c1)N1CCN(Cc2ccccc2)CC1. The Morgan fingerprint density at radius 2 is 1.83 bits per heavy atom. The van der Waals surface area contributed by atoms with Crippen LogP contribution in [-0.4, -0.2) is 57.2 Å². The zero-order valence-electron chi connectivity index (χ0n) is 15.8. The summed E-state index contributed by atoms with van der Waals surface area (Å²) < 4.78 is 27.4. The molecule has 0 saturated carbocycles. The predicted molar refractivity (Wildman–Crippen MR) is 109 cm³/mol. The van der Waals surface area contributed by atoms with E-state index in [1.54, 1.807) is 12.1 Å². The molecule has 1 aliphatic heterocycles. The topological polar surface area (TPSA) is 58.6 Å². The molecule has 6 nitrogen and oxygen atoms in total. The zero-order valence-corrected chi connectivity index (χ0v) is 16.6. The second-order valence-electron chi connectivity index (χ2n) is 6.86. The fourth-order valence-corrected chi connectivity index (χ4v) is 3.82. The third-order valence-electron chi connectivity index (χ3n) is 4.86. The number of ether oxygens (including phenoxy) is 1. The number of hydrogen-bond donors (Lipinski definition) is 0. The largest absolute Gasteiger partial charge is 0.465 e. The summed E-state index contributed by atoms with van der Waals surface area (Å²) in [4.78, 5) is 16.7. The van der Waals surface area contributed by atoms with Gasteiger partial charge in [-0.2, -0.15) is 4.37 Å². The number of carbonyl (C=O) groups is 1. The van der Waals surface area contributed by atoms with Crippen molar-refractivity contribution in [1.29, 1.82) is 0 Å². The first kappa shape index (κ1) is 19.5. The van der Waals surface area contributed by atoms with Crippen LogP contribution in [0.25, 0.3) is 11.3 Å². The van der Waals surface area contributed by atoms with Gasteiger partial charge in [-0.1, -0.05) is 42.5 Å². The molecule has 1 saturated heterocycles. The highest BCUT2D eigenvalue weighted by Gasteiger charge is 2.22. The van der Waals surface area contributed by atoms with Gasteiger partial charge in [0, 0.05) is 38.3 Å². The molecule has 0 atom stereocenters. The molecule has 0 N–H and O–H groups in total. The molecule has 0 unspecified atom stereocenters.